The molecule has 0 radical (unpaired) electrons. The number of carbonyl (C=O) groups is 1. The number of hydrogen-bond acceptors (Lipinski definition) is 5. The fourth-order valence-corrected chi connectivity index (χ4v) is 2.67. The molecule has 0 aliphatic heterocycles. The van der Waals surface area contributed by atoms with E-state index in [1.54, 1.807) is 13.8 Å². The summed E-state index contributed by atoms with van der Waals surface area (Å²) < 4.78 is 46.4. The molecule has 1 atom stereocenters. The summed E-state index contributed by atoms with van der Waals surface area (Å²) in [6.45, 7) is 3.23. The third-order valence-electron chi connectivity index (χ3n) is 4.35. The molecule has 2 N–H and O–H groups in total. The summed E-state index contributed by atoms with van der Waals surface area (Å²) in [5, 5.41) is 16.4. The molecule has 2 aromatic rings. The van der Waals surface area contributed by atoms with Crippen molar-refractivity contribution in [3.8, 4) is 0 Å². The summed E-state index contributed by atoms with van der Waals surface area (Å²) in [4.78, 5) is 17.1. The number of carbonyl (C=O) groups excluding carboxylic acids is 1. The van der Waals surface area contributed by atoms with Gasteiger partial charge in [0.15, 0.2) is 0 Å². The second-order valence-electron chi connectivity index (χ2n) is 6.36. The molecule has 0 saturated carbocycles. The first-order valence-electron chi connectivity index (χ1n) is 8.15. The first kappa shape index (κ1) is 20.7. The van der Waals surface area contributed by atoms with Gasteiger partial charge in [-0.3, -0.25) is 0 Å². The zero-order valence-corrected chi connectivity index (χ0v) is 15.5. The maximum atomic E-state index is 13.4. The fourth-order valence-electron chi connectivity index (χ4n) is 2.67. The van der Waals surface area contributed by atoms with Gasteiger partial charge in [0.05, 0.1) is 12.2 Å². The Morgan fingerprint density at radius 3 is 2.56 bits per heavy atom. The third-order valence-corrected chi connectivity index (χ3v) is 4.35. The summed E-state index contributed by atoms with van der Waals surface area (Å²) in [7, 11) is 2.85. The topological polar surface area (TPSA) is 96.4 Å². The highest BCUT2D eigenvalue weighted by molar-refractivity contribution is 5.73. The van der Waals surface area contributed by atoms with E-state index in [-0.39, 0.29) is 6.54 Å². The summed E-state index contributed by atoms with van der Waals surface area (Å²) in [6, 6.07) is -0.584. The van der Waals surface area contributed by atoms with E-state index in [0.29, 0.717) is 11.5 Å². The Morgan fingerprint density at radius 1 is 1.41 bits per heavy atom. The minimum atomic E-state index is -4.95. The van der Waals surface area contributed by atoms with Crippen LogP contribution in [0.3, 0.4) is 0 Å². The SMILES string of the molecule is Cc1noc(C)c1CN(C)C(=O)NCC[C@@](O)(c1nccn1C)C(F)(F)F. The smallest absolute Gasteiger partial charge is 0.374 e. The van der Waals surface area contributed by atoms with Gasteiger partial charge in [-0.2, -0.15) is 13.2 Å². The molecule has 2 heterocycles. The molecule has 0 fully saturated rings. The lowest BCUT2D eigenvalue weighted by Crippen LogP contribution is -2.47. The van der Waals surface area contributed by atoms with Crippen LogP contribution in [0.4, 0.5) is 18.0 Å². The maximum Gasteiger partial charge on any atom is 0.424 e. The van der Waals surface area contributed by atoms with Gasteiger partial charge in [0.1, 0.15) is 11.6 Å². The summed E-state index contributed by atoms with van der Waals surface area (Å²) in [5.74, 6) is 0.0294. The molecule has 0 saturated heterocycles. The van der Waals surface area contributed by atoms with E-state index >= 15 is 0 Å². The number of aryl methyl sites for hydroxylation is 3. The Balaban J connectivity index is 2.00. The van der Waals surface area contributed by atoms with E-state index in [4.69, 9.17) is 4.52 Å². The molecule has 0 aromatic carbocycles. The van der Waals surface area contributed by atoms with Gasteiger partial charge in [-0.1, -0.05) is 5.16 Å². The second kappa shape index (κ2) is 7.59. The molecule has 8 nitrogen and oxygen atoms in total. The number of hydrogen-bond donors (Lipinski definition) is 2. The molecule has 0 aliphatic carbocycles. The van der Waals surface area contributed by atoms with E-state index in [1.807, 2.05) is 0 Å². The van der Waals surface area contributed by atoms with Crippen LogP contribution in [-0.4, -0.2) is 50.5 Å². The van der Waals surface area contributed by atoms with Crippen molar-refractivity contribution >= 4 is 6.03 Å². The number of urea groups is 1. The van der Waals surface area contributed by atoms with E-state index in [9.17, 15) is 23.1 Å². The Labute approximate surface area is 154 Å². The molecular formula is C16H22F3N5O3. The van der Waals surface area contributed by atoms with Crippen LogP contribution in [0.15, 0.2) is 16.9 Å². The maximum absolute atomic E-state index is 13.4. The minimum absolute atomic E-state index is 0.190. The number of aliphatic hydroxyl groups is 1. The van der Waals surface area contributed by atoms with Gasteiger partial charge in [0.25, 0.3) is 0 Å². The van der Waals surface area contributed by atoms with Crippen molar-refractivity contribution in [2.45, 2.75) is 38.6 Å². The van der Waals surface area contributed by atoms with Crippen LogP contribution < -0.4 is 5.32 Å². The fraction of sp³-hybridized carbons (Fsp3) is 0.562. The van der Waals surface area contributed by atoms with Crippen LogP contribution in [0, 0.1) is 13.8 Å². The van der Waals surface area contributed by atoms with Crippen LogP contribution in [-0.2, 0) is 19.2 Å². The summed E-state index contributed by atoms with van der Waals surface area (Å²) in [5.41, 5.74) is -1.81. The average Bonchev–Trinajstić information content (AvgIpc) is 3.14. The van der Waals surface area contributed by atoms with E-state index in [2.05, 4.69) is 15.5 Å². The lowest BCUT2D eigenvalue weighted by atomic mass is 9.97. The predicted molar refractivity (Wildman–Crippen MR) is 88.6 cm³/mol. The van der Waals surface area contributed by atoms with Crippen molar-refractivity contribution < 1.29 is 27.6 Å². The molecule has 2 rings (SSSR count). The van der Waals surface area contributed by atoms with Crippen molar-refractivity contribution in [3.05, 3.63) is 35.2 Å². The molecule has 2 aromatic heterocycles. The van der Waals surface area contributed by atoms with Gasteiger partial charge < -0.3 is 24.4 Å². The van der Waals surface area contributed by atoms with Crippen LogP contribution in [0.2, 0.25) is 0 Å². The molecule has 0 spiro atoms. The molecule has 0 bridgehead atoms. The highest BCUT2D eigenvalue weighted by Crippen LogP contribution is 2.40. The molecule has 0 unspecified atom stereocenters. The van der Waals surface area contributed by atoms with E-state index in [0.717, 1.165) is 10.1 Å². The number of aromatic nitrogens is 3. The standard InChI is InChI=1S/C16H22F3N5O3/c1-10-12(11(2)27-22-10)9-24(4)14(25)21-6-5-15(26,16(17,18)19)13-20-7-8-23(13)3/h7-8,26H,5-6,9H2,1-4H3,(H,21,25)/t15-/m1/s1. The molecule has 11 heteroatoms. The molecular weight excluding hydrogens is 367 g/mol. The number of amides is 2. The van der Waals surface area contributed by atoms with Gasteiger partial charge in [0.2, 0.25) is 5.60 Å². The first-order chi connectivity index (χ1) is 12.5. The normalized spacial score (nSPS) is 14.1. The van der Waals surface area contributed by atoms with Gasteiger partial charge in [-0.15, -0.1) is 0 Å². The van der Waals surface area contributed by atoms with E-state index in [1.165, 1.54) is 31.4 Å². The lowest BCUT2D eigenvalue weighted by molar-refractivity contribution is -0.272. The molecule has 0 aliphatic rings. The van der Waals surface area contributed by atoms with Crippen molar-refractivity contribution in [3.63, 3.8) is 0 Å². The Hall–Kier alpha value is -2.56. The van der Waals surface area contributed by atoms with Crippen LogP contribution in [0.1, 0.15) is 29.3 Å². The van der Waals surface area contributed by atoms with Gasteiger partial charge in [0, 0.05) is 45.0 Å². The number of nitrogens with zero attached hydrogens (tertiary/aromatic N) is 4. The van der Waals surface area contributed by atoms with Gasteiger partial charge in [-0.25, -0.2) is 9.78 Å². The van der Waals surface area contributed by atoms with Crippen LogP contribution >= 0.6 is 0 Å². The van der Waals surface area contributed by atoms with Crippen LogP contribution in [0.5, 0.6) is 0 Å². The number of rotatable bonds is 6. The number of alkyl halides is 3. The van der Waals surface area contributed by atoms with Crippen molar-refractivity contribution in [2.75, 3.05) is 13.6 Å². The Bertz CT molecular complexity index is 782. The predicted octanol–water partition coefficient (Wildman–Crippen LogP) is 2.01. The summed E-state index contributed by atoms with van der Waals surface area (Å²) >= 11 is 0. The average molecular weight is 389 g/mol. The number of halogens is 3. The lowest BCUT2D eigenvalue weighted by Gasteiger charge is -2.30. The Morgan fingerprint density at radius 2 is 2.07 bits per heavy atom. The van der Waals surface area contributed by atoms with Crippen molar-refractivity contribution in [1.82, 2.24) is 24.9 Å². The monoisotopic (exact) mass is 389 g/mol. The highest BCUT2D eigenvalue weighted by atomic mass is 19.4. The Kier molecular flexibility index (Phi) is 5.83. The third kappa shape index (κ3) is 4.24. The minimum Gasteiger partial charge on any atom is -0.374 e. The van der Waals surface area contributed by atoms with Gasteiger partial charge >= 0.3 is 12.2 Å². The molecule has 150 valence electrons. The molecule has 27 heavy (non-hydrogen) atoms. The van der Waals surface area contributed by atoms with E-state index < -0.39 is 36.6 Å². The summed E-state index contributed by atoms with van der Waals surface area (Å²) in [6.07, 6.45) is -3.24. The largest absolute Gasteiger partial charge is 0.424 e. The van der Waals surface area contributed by atoms with Crippen LogP contribution in [0.25, 0.3) is 0 Å². The molecule has 2 amide bonds. The second-order valence-corrected chi connectivity index (χ2v) is 6.36. The zero-order valence-electron chi connectivity index (χ0n) is 15.5. The first-order valence-corrected chi connectivity index (χ1v) is 8.15. The van der Waals surface area contributed by atoms with Crippen molar-refractivity contribution in [2.24, 2.45) is 7.05 Å². The number of nitrogens with one attached hydrogen (secondary N) is 1. The van der Waals surface area contributed by atoms with Crippen molar-refractivity contribution in [1.29, 1.82) is 0 Å². The zero-order chi connectivity index (χ0) is 20.4. The quantitative estimate of drug-likeness (QED) is 0.788. The number of imidazole rings is 1. The highest BCUT2D eigenvalue weighted by Gasteiger charge is 2.57. The van der Waals surface area contributed by atoms with Gasteiger partial charge in [-0.05, 0) is 13.8 Å².